The van der Waals surface area contributed by atoms with E-state index in [1.54, 1.807) is 22.9 Å². The van der Waals surface area contributed by atoms with Crippen molar-refractivity contribution in [1.29, 1.82) is 0 Å². The molecule has 11 heteroatoms. The number of hydrogen-bond acceptors (Lipinski definition) is 7. The lowest BCUT2D eigenvalue weighted by Crippen LogP contribution is -2.14. The Morgan fingerprint density at radius 3 is 2.78 bits per heavy atom. The first-order valence-corrected chi connectivity index (χ1v) is 7.98. The minimum Gasteiger partial charge on any atom is -0.394 e. The van der Waals surface area contributed by atoms with Gasteiger partial charge in [-0.3, -0.25) is 19.5 Å². The molecule has 0 bridgehead atoms. The summed E-state index contributed by atoms with van der Waals surface area (Å²) in [7, 11) is 0. The zero-order valence-corrected chi connectivity index (χ0v) is 13.9. The number of aromatic nitrogens is 5. The van der Waals surface area contributed by atoms with Crippen LogP contribution in [0.3, 0.4) is 0 Å². The van der Waals surface area contributed by atoms with Crippen molar-refractivity contribution in [3.05, 3.63) is 57.3 Å². The van der Waals surface area contributed by atoms with Crippen LogP contribution in [-0.4, -0.2) is 47.2 Å². The highest BCUT2D eigenvalue weighted by Crippen LogP contribution is 2.21. The molecule has 0 amide bonds. The van der Waals surface area contributed by atoms with Crippen LogP contribution in [0.2, 0.25) is 0 Å². The largest absolute Gasteiger partial charge is 0.394 e. The molecule has 0 atom stereocenters. The van der Waals surface area contributed by atoms with Crippen LogP contribution in [0.5, 0.6) is 0 Å². The molecule has 0 saturated carbocycles. The molecule has 11 nitrogen and oxygen atoms in total. The van der Waals surface area contributed by atoms with Gasteiger partial charge in [0.2, 0.25) is 5.78 Å². The van der Waals surface area contributed by atoms with Gasteiger partial charge < -0.3 is 14.8 Å². The molecule has 3 heterocycles. The second kappa shape index (κ2) is 6.63. The third-order valence-electron chi connectivity index (χ3n) is 4.03. The Balaban J connectivity index is 1.77. The predicted molar refractivity (Wildman–Crippen MR) is 94.2 cm³/mol. The Morgan fingerprint density at radius 1 is 1.30 bits per heavy atom. The second-order valence-corrected chi connectivity index (χ2v) is 5.73. The molecule has 0 aliphatic carbocycles. The molecule has 4 aromatic rings. The summed E-state index contributed by atoms with van der Waals surface area (Å²) in [4.78, 5) is 34.5. The van der Waals surface area contributed by atoms with Gasteiger partial charge in [-0.05, 0) is 12.1 Å². The summed E-state index contributed by atoms with van der Waals surface area (Å²) in [5, 5.41) is 19.6. The summed E-state index contributed by atoms with van der Waals surface area (Å²) < 4.78 is 8.16. The number of aromatic amines is 1. The van der Waals surface area contributed by atoms with Crippen LogP contribution in [0.4, 0.5) is 5.69 Å². The number of aliphatic hydroxyl groups is 1. The zero-order chi connectivity index (χ0) is 19.0. The van der Waals surface area contributed by atoms with Crippen LogP contribution in [-0.2, 0) is 11.5 Å². The lowest BCUT2D eigenvalue weighted by atomic mass is 10.1. The van der Waals surface area contributed by atoms with E-state index in [4.69, 9.17) is 9.84 Å². The lowest BCUT2D eigenvalue weighted by molar-refractivity contribution is -0.384. The maximum atomic E-state index is 12.7. The van der Waals surface area contributed by atoms with Crippen molar-refractivity contribution in [3.8, 4) is 11.3 Å². The molecule has 1 aromatic carbocycles. The van der Waals surface area contributed by atoms with E-state index < -0.39 is 4.92 Å². The van der Waals surface area contributed by atoms with E-state index in [1.807, 2.05) is 0 Å². The molecule has 138 valence electrons. The minimum absolute atomic E-state index is 0.0167. The first kappa shape index (κ1) is 16.9. The highest BCUT2D eigenvalue weighted by molar-refractivity contribution is 5.73. The molecule has 0 saturated heterocycles. The number of nitrogens with zero attached hydrogens (tertiary/aromatic N) is 5. The fourth-order valence-electron chi connectivity index (χ4n) is 2.73. The molecule has 0 fully saturated rings. The molecule has 27 heavy (non-hydrogen) atoms. The average molecular weight is 370 g/mol. The zero-order valence-electron chi connectivity index (χ0n) is 13.9. The van der Waals surface area contributed by atoms with E-state index in [2.05, 4.69) is 15.0 Å². The summed E-state index contributed by atoms with van der Waals surface area (Å²) in [6, 6.07) is 5.96. The van der Waals surface area contributed by atoms with Gasteiger partial charge in [0.1, 0.15) is 6.73 Å². The van der Waals surface area contributed by atoms with Crippen LogP contribution in [0.1, 0.15) is 0 Å². The van der Waals surface area contributed by atoms with Gasteiger partial charge in [-0.2, -0.15) is 4.98 Å². The second-order valence-electron chi connectivity index (χ2n) is 5.73. The van der Waals surface area contributed by atoms with Crippen molar-refractivity contribution in [2.24, 2.45) is 0 Å². The van der Waals surface area contributed by atoms with Crippen LogP contribution in [0.25, 0.3) is 28.2 Å². The van der Waals surface area contributed by atoms with Gasteiger partial charge >= 0.3 is 0 Å². The number of aliphatic hydroxyl groups excluding tert-OH is 1. The fraction of sp³-hybridized carbons (Fsp3) is 0.188. The molecule has 0 spiro atoms. The summed E-state index contributed by atoms with van der Waals surface area (Å²) in [5.74, 6) is 0.310. The standard InChI is InChI=1S/C16H14N6O5/c23-5-6-27-9-20-8-17-13-14(20)19-16-18-12(7-21(16)15(13)24)10-1-3-11(4-2-10)22(25)26/h1-4,7-8,23H,5-6,9H2,(H,18,19). The minimum atomic E-state index is -0.475. The average Bonchev–Trinajstić information content (AvgIpc) is 3.27. The van der Waals surface area contributed by atoms with Crippen molar-refractivity contribution >= 4 is 22.6 Å². The van der Waals surface area contributed by atoms with Crippen molar-refractivity contribution in [2.45, 2.75) is 6.73 Å². The lowest BCUT2D eigenvalue weighted by Gasteiger charge is -2.03. The van der Waals surface area contributed by atoms with E-state index >= 15 is 0 Å². The number of non-ortho nitro benzene ring substituents is 1. The Hall–Kier alpha value is -3.57. The highest BCUT2D eigenvalue weighted by atomic mass is 16.6. The molecule has 0 radical (unpaired) electrons. The smallest absolute Gasteiger partial charge is 0.287 e. The number of hydrogen-bond donors (Lipinski definition) is 2. The normalized spacial score (nSPS) is 11.4. The number of nitrogens with one attached hydrogen (secondary N) is 1. The molecule has 2 N–H and O–H groups in total. The number of rotatable bonds is 6. The molecule has 4 rings (SSSR count). The maximum Gasteiger partial charge on any atom is 0.287 e. The quantitative estimate of drug-likeness (QED) is 0.292. The Labute approximate surface area is 150 Å². The van der Waals surface area contributed by atoms with Crippen LogP contribution >= 0.6 is 0 Å². The van der Waals surface area contributed by atoms with Crippen LogP contribution < -0.4 is 5.56 Å². The summed E-state index contributed by atoms with van der Waals surface area (Å²) in [6.45, 7) is 0.158. The number of nitro benzene ring substituents is 1. The van der Waals surface area contributed by atoms with Gasteiger partial charge in [0.05, 0.1) is 30.2 Å². The number of nitro groups is 1. The summed E-state index contributed by atoms with van der Waals surface area (Å²) in [5.41, 5.74) is 1.45. The van der Waals surface area contributed by atoms with Crippen LogP contribution in [0.15, 0.2) is 41.6 Å². The number of imidazole rings is 2. The Bertz CT molecular complexity index is 1190. The number of H-pyrrole nitrogens is 1. The van der Waals surface area contributed by atoms with Gasteiger partial charge in [0.15, 0.2) is 11.2 Å². The van der Waals surface area contributed by atoms with Crippen molar-refractivity contribution < 1.29 is 14.8 Å². The fourth-order valence-corrected chi connectivity index (χ4v) is 2.73. The number of ether oxygens (including phenoxy) is 1. The molecule has 0 unspecified atom stereocenters. The van der Waals surface area contributed by atoms with Crippen molar-refractivity contribution in [1.82, 2.24) is 23.9 Å². The Kier molecular flexibility index (Phi) is 4.14. The van der Waals surface area contributed by atoms with Gasteiger partial charge in [-0.1, -0.05) is 0 Å². The molecular weight excluding hydrogens is 356 g/mol. The van der Waals surface area contributed by atoms with Gasteiger partial charge in [-0.25, -0.2) is 9.38 Å². The molecule has 0 aliphatic heterocycles. The van der Waals surface area contributed by atoms with E-state index in [0.717, 1.165) is 0 Å². The van der Waals surface area contributed by atoms with E-state index in [1.165, 1.54) is 22.9 Å². The van der Waals surface area contributed by atoms with Crippen LogP contribution in [0, 0.1) is 10.1 Å². The summed E-state index contributed by atoms with van der Waals surface area (Å²) >= 11 is 0. The highest BCUT2D eigenvalue weighted by Gasteiger charge is 2.14. The maximum absolute atomic E-state index is 12.7. The van der Waals surface area contributed by atoms with Gasteiger partial charge in [0, 0.05) is 23.9 Å². The Morgan fingerprint density at radius 2 is 2.07 bits per heavy atom. The SMILES string of the molecule is O=c1c2ncn(COCCO)c2nc2[nH]c(-c3ccc([N+](=O)[O-])cc3)cn12. The monoisotopic (exact) mass is 370 g/mol. The van der Waals surface area contributed by atoms with E-state index in [0.29, 0.717) is 22.7 Å². The predicted octanol–water partition coefficient (Wildman–Crippen LogP) is 0.914. The molecule has 0 aliphatic rings. The third kappa shape index (κ3) is 2.94. The molecular formula is C16H14N6O5. The van der Waals surface area contributed by atoms with Gasteiger partial charge in [0.25, 0.3) is 11.2 Å². The van der Waals surface area contributed by atoms with Crippen molar-refractivity contribution in [2.75, 3.05) is 13.2 Å². The molecule has 3 aromatic heterocycles. The first-order valence-electron chi connectivity index (χ1n) is 7.98. The van der Waals surface area contributed by atoms with Gasteiger partial charge in [-0.15, -0.1) is 0 Å². The topological polar surface area (TPSA) is 141 Å². The number of benzene rings is 1. The summed E-state index contributed by atoms with van der Waals surface area (Å²) in [6.07, 6.45) is 3.03. The van der Waals surface area contributed by atoms with Crippen molar-refractivity contribution in [3.63, 3.8) is 0 Å². The number of fused-ring (bicyclic) bond motifs is 2. The van der Waals surface area contributed by atoms with E-state index in [9.17, 15) is 14.9 Å². The first-order chi connectivity index (χ1) is 13.1. The third-order valence-corrected chi connectivity index (χ3v) is 4.03. The van der Waals surface area contributed by atoms with E-state index in [-0.39, 0.29) is 36.7 Å².